The van der Waals surface area contributed by atoms with Gasteiger partial charge in [-0.3, -0.25) is 0 Å². The highest BCUT2D eigenvalue weighted by atomic mass is 32.2. The number of halogens is 3. The summed E-state index contributed by atoms with van der Waals surface area (Å²) >= 11 is 0. The van der Waals surface area contributed by atoms with Crippen molar-refractivity contribution in [1.82, 2.24) is 14.5 Å². The van der Waals surface area contributed by atoms with Gasteiger partial charge in [-0.25, -0.2) is 13.1 Å². The minimum Gasteiger partial charge on any atom is -0.237 e. The number of para-hydroxylation sites is 1. The van der Waals surface area contributed by atoms with Gasteiger partial charge in [0.2, 0.25) is 10.0 Å². The van der Waals surface area contributed by atoms with E-state index in [2.05, 4.69) is 5.10 Å². The summed E-state index contributed by atoms with van der Waals surface area (Å²) in [6, 6.07) is 6.32. The second-order valence-corrected chi connectivity index (χ2v) is 6.98. The molecular formula is C14H16F3N3O2S. The van der Waals surface area contributed by atoms with Crippen LogP contribution in [0, 0.1) is 13.8 Å². The molecule has 0 saturated heterocycles. The first kappa shape index (κ1) is 17.5. The van der Waals surface area contributed by atoms with E-state index in [4.69, 9.17) is 0 Å². The van der Waals surface area contributed by atoms with Gasteiger partial charge in [0.15, 0.2) is 0 Å². The summed E-state index contributed by atoms with van der Waals surface area (Å²) in [5, 5.41) is 4.13. The Kier molecular flexibility index (Phi) is 4.54. The largest absolute Gasteiger partial charge is 0.409 e. The zero-order valence-corrected chi connectivity index (χ0v) is 13.5. The molecule has 0 bridgehead atoms. The normalized spacial score (nSPS) is 14.0. The maximum atomic E-state index is 13.3. The van der Waals surface area contributed by atoms with E-state index >= 15 is 0 Å². The summed E-state index contributed by atoms with van der Waals surface area (Å²) in [5.74, 6) is 0. The lowest BCUT2D eigenvalue weighted by Crippen LogP contribution is -2.38. The number of aryl methyl sites for hydroxylation is 1. The number of aromatic nitrogens is 2. The van der Waals surface area contributed by atoms with Crippen LogP contribution in [0.1, 0.15) is 23.0 Å². The van der Waals surface area contributed by atoms with Crippen molar-refractivity contribution in [3.8, 4) is 5.69 Å². The fourth-order valence-corrected chi connectivity index (χ4v) is 3.08. The van der Waals surface area contributed by atoms with Crippen LogP contribution in [-0.2, 0) is 10.0 Å². The third-order valence-electron chi connectivity index (χ3n) is 3.30. The second-order valence-electron chi connectivity index (χ2n) is 5.20. The van der Waals surface area contributed by atoms with E-state index in [1.165, 1.54) is 18.5 Å². The topological polar surface area (TPSA) is 64.0 Å². The molecule has 1 N–H and O–H groups in total. The highest BCUT2D eigenvalue weighted by Crippen LogP contribution is 2.36. The lowest BCUT2D eigenvalue weighted by atomic mass is 10.1. The monoisotopic (exact) mass is 347 g/mol. The smallest absolute Gasteiger partial charge is 0.237 e. The van der Waals surface area contributed by atoms with Gasteiger partial charge in [-0.1, -0.05) is 18.2 Å². The molecule has 1 unspecified atom stereocenters. The highest BCUT2D eigenvalue weighted by Gasteiger charge is 2.45. The summed E-state index contributed by atoms with van der Waals surface area (Å²) < 4.78 is 65.7. The van der Waals surface area contributed by atoms with Gasteiger partial charge >= 0.3 is 6.18 Å². The summed E-state index contributed by atoms with van der Waals surface area (Å²) in [4.78, 5) is 0. The van der Waals surface area contributed by atoms with Gasteiger partial charge in [-0.15, -0.1) is 0 Å². The first-order valence-electron chi connectivity index (χ1n) is 6.66. The molecule has 1 heterocycles. The van der Waals surface area contributed by atoms with Crippen molar-refractivity contribution < 1.29 is 21.6 Å². The predicted molar refractivity (Wildman–Crippen MR) is 79.8 cm³/mol. The van der Waals surface area contributed by atoms with Crippen LogP contribution in [0.3, 0.4) is 0 Å². The lowest BCUT2D eigenvalue weighted by Gasteiger charge is -2.21. The molecule has 0 aliphatic heterocycles. The van der Waals surface area contributed by atoms with Crippen LogP contribution in [0.25, 0.3) is 5.69 Å². The molecule has 0 aliphatic carbocycles. The van der Waals surface area contributed by atoms with Crippen molar-refractivity contribution in [3.63, 3.8) is 0 Å². The van der Waals surface area contributed by atoms with Gasteiger partial charge in [0.25, 0.3) is 0 Å². The Hall–Kier alpha value is -1.87. The van der Waals surface area contributed by atoms with Crippen LogP contribution in [0.5, 0.6) is 0 Å². The second kappa shape index (κ2) is 5.97. The van der Waals surface area contributed by atoms with Crippen molar-refractivity contribution in [1.29, 1.82) is 0 Å². The molecule has 2 rings (SSSR count). The van der Waals surface area contributed by atoms with Crippen LogP contribution in [-0.4, -0.2) is 30.6 Å². The Bertz CT molecular complexity index is 799. The van der Waals surface area contributed by atoms with E-state index < -0.39 is 22.2 Å². The van der Waals surface area contributed by atoms with Crippen molar-refractivity contribution >= 4 is 10.0 Å². The van der Waals surface area contributed by atoms with Gasteiger partial charge in [0.05, 0.1) is 17.6 Å². The zero-order chi connectivity index (χ0) is 17.4. The van der Waals surface area contributed by atoms with E-state index in [0.29, 0.717) is 11.9 Å². The minimum atomic E-state index is -4.77. The highest BCUT2D eigenvalue weighted by molar-refractivity contribution is 7.88. The van der Waals surface area contributed by atoms with Gasteiger partial charge in [0, 0.05) is 11.3 Å². The van der Waals surface area contributed by atoms with Crippen LogP contribution >= 0.6 is 0 Å². The molecule has 1 aromatic heterocycles. The molecule has 23 heavy (non-hydrogen) atoms. The number of nitrogens with one attached hydrogen (secondary N) is 1. The third kappa shape index (κ3) is 3.91. The molecule has 0 saturated carbocycles. The van der Waals surface area contributed by atoms with Gasteiger partial charge in [-0.2, -0.15) is 23.0 Å². The fourth-order valence-electron chi connectivity index (χ4n) is 2.40. The molecule has 0 aliphatic rings. The molecule has 9 heteroatoms. The van der Waals surface area contributed by atoms with Crippen LogP contribution in [0.4, 0.5) is 13.2 Å². The Balaban J connectivity index is 2.59. The summed E-state index contributed by atoms with van der Waals surface area (Å²) in [7, 11) is -4.05. The van der Waals surface area contributed by atoms with Crippen LogP contribution in [0.2, 0.25) is 0 Å². The van der Waals surface area contributed by atoms with Gasteiger partial charge < -0.3 is 0 Å². The zero-order valence-electron chi connectivity index (χ0n) is 12.7. The molecule has 5 nitrogen and oxygen atoms in total. The molecule has 0 radical (unpaired) electrons. The Morgan fingerprint density at radius 3 is 2.22 bits per heavy atom. The summed E-state index contributed by atoms with van der Waals surface area (Å²) in [5.41, 5.74) is 0.753. The van der Waals surface area contributed by atoms with Crippen molar-refractivity contribution in [3.05, 3.63) is 47.3 Å². The number of alkyl halides is 3. The minimum absolute atomic E-state index is 0.116. The molecule has 2 aromatic rings. The third-order valence-corrected chi connectivity index (χ3v) is 3.96. The number of nitrogens with zero attached hydrogens (tertiary/aromatic N) is 2. The lowest BCUT2D eigenvalue weighted by molar-refractivity contribution is -0.153. The van der Waals surface area contributed by atoms with E-state index in [1.54, 1.807) is 35.1 Å². The van der Waals surface area contributed by atoms with E-state index in [0.717, 1.165) is 0 Å². The molecule has 1 atom stereocenters. The van der Waals surface area contributed by atoms with Gasteiger partial charge in [0.1, 0.15) is 6.04 Å². The fraction of sp³-hybridized carbons (Fsp3) is 0.357. The Morgan fingerprint density at radius 1 is 1.17 bits per heavy atom. The standard InChI is InChI=1S/C14H16F3N3O2S/c1-9-12(13(14(15,16)17)19-23(3,21)22)10(2)20(18-9)11-7-5-4-6-8-11/h4-8,13,19H,1-3H3. The number of hydrogen-bond donors (Lipinski definition) is 1. The molecule has 0 amide bonds. The quantitative estimate of drug-likeness (QED) is 0.925. The Morgan fingerprint density at radius 2 is 1.74 bits per heavy atom. The summed E-state index contributed by atoms with van der Waals surface area (Å²) in [6.07, 6.45) is -4.08. The van der Waals surface area contributed by atoms with E-state index in [-0.39, 0.29) is 17.0 Å². The average Bonchev–Trinajstić information content (AvgIpc) is 2.70. The van der Waals surface area contributed by atoms with Crippen molar-refractivity contribution in [2.75, 3.05) is 6.26 Å². The van der Waals surface area contributed by atoms with E-state index in [9.17, 15) is 21.6 Å². The Labute approximate surface area is 132 Å². The molecule has 126 valence electrons. The number of sulfonamides is 1. The SMILES string of the molecule is Cc1nn(-c2ccccc2)c(C)c1C(NS(C)(=O)=O)C(F)(F)F. The molecule has 0 fully saturated rings. The predicted octanol–water partition coefficient (Wildman–Crippen LogP) is 2.64. The van der Waals surface area contributed by atoms with Crippen molar-refractivity contribution in [2.24, 2.45) is 0 Å². The first-order chi connectivity index (χ1) is 10.5. The number of benzene rings is 1. The van der Waals surface area contributed by atoms with Crippen LogP contribution in [0.15, 0.2) is 30.3 Å². The molecular weight excluding hydrogens is 331 g/mol. The van der Waals surface area contributed by atoms with E-state index in [1.807, 2.05) is 0 Å². The molecule has 1 aromatic carbocycles. The van der Waals surface area contributed by atoms with Crippen LogP contribution < -0.4 is 4.72 Å². The van der Waals surface area contributed by atoms with Crippen molar-refractivity contribution in [2.45, 2.75) is 26.1 Å². The maximum Gasteiger partial charge on any atom is 0.409 e. The number of hydrogen-bond acceptors (Lipinski definition) is 3. The molecule has 0 spiro atoms. The summed E-state index contributed by atoms with van der Waals surface area (Å²) in [6.45, 7) is 2.90. The maximum absolute atomic E-state index is 13.3. The average molecular weight is 347 g/mol. The number of rotatable bonds is 4. The first-order valence-corrected chi connectivity index (χ1v) is 8.55. The van der Waals surface area contributed by atoms with Gasteiger partial charge in [-0.05, 0) is 26.0 Å².